The van der Waals surface area contributed by atoms with Gasteiger partial charge in [-0.25, -0.2) is 0 Å². The molecule has 0 saturated carbocycles. The minimum atomic E-state index is -1.36. The van der Waals surface area contributed by atoms with Crippen LogP contribution in [-0.2, 0) is 10.4 Å². The van der Waals surface area contributed by atoms with Crippen molar-refractivity contribution >= 4 is 11.6 Å². The van der Waals surface area contributed by atoms with Crippen LogP contribution in [0.5, 0.6) is 17.2 Å². The van der Waals surface area contributed by atoms with Gasteiger partial charge in [-0.2, -0.15) is 0 Å². The van der Waals surface area contributed by atoms with Gasteiger partial charge in [0, 0.05) is 24.9 Å². The van der Waals surface area contributed by atoms with Crippen molar-refractivity contribution in [3.63, 3.8) is 0 Å². The summed E-state index contributed by atoms with van der Waals surface area (Å²) >= 11 is 0. The Morgan fingerprint density at radius 1 is 1.04 bits per heavy atom. The third-order valence-corrected chi connectivity index (χ3v) is 4.89. The van der Waals surface area contributed by atoms with Crippen LogP contribution >= 0.6 is 0 Å². The van der Waals surface area contributed by atoms with Gasteiger partial charge in [-0.05, 0) is 30.3 Å². The van der Waals surface area contributed by atoms with Crippen LogP contribution in [0.3, 0.4) is 0 Å². The van der Waals surface area contributed by atoms with E-state index in [1.165, 1.54) is 0 Å². The lowest BCUT2D eigenvalue weighted by Crippen LogP contribution is -2.45. The number of likely N-dealkylation sites (N-methyl/N-ethyl adjacent to an activating group) is 1. The number of benzene rings is 2. The summed E-state index contributed by atoms with van der Waals surface area (Å²) in [6, 6.07) is 18.4. The van der Waals surface area contributed by atoms with Crippen LogP contribution in [0.4, 0.5) is 5.69 Å². The molecule has 27 heavy (non-hydrogen) atoms. The molecule has 0 aliphatic carbocycles. The van der Waals surface area contributed by atoms with Gasteiger partial charge in [0.25, 0.3) is 11.5 Å². The van der Waals surface area contributed by atoms with Gasteiger partial charge in [-0.3, -0.25) is 9.78 Å². The Kier molecular flexibility index (Phi) is 3.33. The first-order valence-corrected chi connectivity index (χ1v) is 8.58. The molecule has 2 aromatic carbocycles. The van der Waals surface area contributed by atoms with E-state index in [-0.39, 0.29) is 12.7 Å². The highest BCUT2D eigenvalue weighted by Gasteiger charge is 2.54. The SMILES string of the molecule is CN1C(=O)C(Oc2ccc3c(c2)OCO3)(c2ccccn2)c2ccccc21. The summed E-state index contributed by atoms with van der Waals surface area (Å²) in [5, 5.41) is 0. The summed E-state index contributed by atoms with van der Waals surface area (Å²) in [5.41, 5.74) is 0.729. The normalized spacial score (nSPS) is 19.9. The van der Waals surface area contributed by atoms with Crippen molar-refractivity contribution in [2.75, 3.05) is 18.7 Å². The van der Waals surface area contributed by atoms with Gasteiger partial charge in [-0.1, -0.05) is 24.3 Å². The van der Waals surface area contributed by atoms with Crippen molar-refractivity contribution < 1.29 is 19.0 Å². The first-order valence-electron chi connectivity index (χ1n) is 8.58. The quantitative estimate of drug-likeness (QED) is 0.718. The lowest BCUT2D eigenvalue weighted by Gasteiger charge is -2.29. The van der Waals surface area contributed by atoms with E-state index in [1.807, 2.05) is 36.4 Å². The van der Waals surface area contributed by atoms with Gasteiger partial charge in [0.15, 0.2) is 11.5 Å². The van der Waals surface area contributed by atoms with E-state index in [4.69, 9.17) is 14.2 Å². The van der Waals surface area contributed by atoms with Gasteiger partial charge in [0.2, 0.25) is 6.79 Å². The zero-order chi connectivity index (χ0) is 18.4. The lowest BCUT2D eigenvalue weighted by atomic mass is 9.90. The fourth-order valence-electron chi connectivity index (χ4n) is 3.61. The summed E-state index contributed by atoms with van der Waals surface area (Å²) in [6.07, 6.45) is 1.66. The molecule has 3 aromatic rings. The predicted octanol–water partition coefficient (Wildman–Crippen LogP) is 3.11. The molecule has 2 aliphatic rings. The number of pyridine rings is 1. The summed E-state index contributed by atoms with van der Waals surface area (Å²) in [7, 11) is 1.74. The van der Waals surface area contributed by atoms with Crippen LogP contribution in [0, 0.1) is 0 Å². The highest BCUT2D eigenvalue weighted by atomic mass is 16.7. The van der Waals surface area contributed by atoms with Crippen LogP contribution in [0.15, 0.2) is 66.9 Å². The molecule has 1 aromatic heterocycles. The van der Waals surface area contributed by atoms with Crippen LogP contribution in [0.25, 0.3) is 0 Å². The Labute approximate surface area is 155 Å². The third kappa shape index (κ3) is 2.19. The summed E-state index contributed by atoms with van der Waals surface area (Å²) in [5.74, 6) is 1.56. The summed E-state index contributed by atoms with van der Waals surface area (Å²) in [4.78, 5) is 19.5. The van der Waals surface area contributed by atoms with E-state index in [0.29, 0.717) is 22.9 Å². The van der Waals surface area contributed by atoms with Crippen molar-refractivity contribution in [3.05, 3.63) is 78.1 Å². The zero-order valence-corrected chi connectivity index (χ0v) is 14.6. The lowest BCUT2D eigenvalue weighted by molar-refractivity contribution is -0.130. The van der Waals surface area contributed by atoms with Crippen LogP contribution in [0.1, 0.15) is 11.3 Å². The van der Waals surface area contributed by atoms with Gasteiger partial charge in [0.05, 0.1) is 11.4 Å². The third-order valence-electron chi connectivity index (χ3n) is 4.89. The number of carbonyl (C=O) groups excluding carboxylic acids is 1. The number of amides is 1. The zero-order valence-electron chi connectivity index (χ0n) is 14.6. The molecule has 0 N–H and O–H groups in total. The number of aromatic nitrogens is 1. The predicted molar refractivity (Wildman–Crippen MR) is 98.1 cm³/mol. The fourth-order valence-corrected chi connectivity index (χ4v) is 3.61. The van der Waals surface area contributed by atoms with E-state index < -0.39 is 5.60 Å². The minimum Gasteiger partial charge on any atom is -0.466 e. The minimum absolute atomic E-state index is 0.175. The molecule has 0 radical (unpaired) electrons. The fraction of sp³-hybridized carbons (Fsp3) is 0.143. The number of anilines is 1. The van der Waals surface area contributed by atoms with Crippen molar-refractivity contribution in [1.82, 2.24) is 4.98 Å². The second kappa shape index (κ2) is 5.74. The van der Waals surface area contributed by atoms with Crippen molar-refractivity contribution in [1.29, 1.82) is 0 Å². The van der Waals surface area contributed by atoms with Gasteiger partial charge >= 0.3 is 0 Å². The second-order valence-corrected chi connectivity index (χ2v) is 6.39. The monoisotopic (exact) mass is 360 g/mol. The topological polar surface area (TPSA) is 60.9 Å². The molecule has 1 amide bonds. The van der Waals surface area contributed by atoms with E-state index in [2.05, 4.69) is 4.98 Å². The Bertz CT molecular complexity index is 1040. The standard InChI is InChI=1S/C21H16N2O4/c1-23-16-7-3-2-6-15(16)21(20(23)24,19-8-4-5-11-22-19)27-14-9-10-17-18(12-14)26-13-25-17/h2-12H,13H2,1H3. The van der Waals surface area contributed by atoms with Crippen LogP contribution in [0.2, 0.25) is 0 Å². The number of para-hydroxylation sites is 1. The van der Waals surface area contributed by atoms with E-state index >= 15 is 0 Å². The maximum absolute atomic E-state index is 13.4. The molecule has 6 nitrogen and oxygen atoms in total. The average molecular weight is 360 g/mol. The molecule has 6 heteroatoms. The van der Waals surface area contributed by atoms with E-state index in [0.717, 1.165) is 11.3 Å². The molecule has 1 unspecified atom stereocenters. The van der Waals surface area contributed by atoms with Crippen molar-refractivity contribution in [2.24, 2.45) is 0 Å². The highest BCUT2D eigenvalue weighted by Crippen LogP contribution is 2.47. The van der Waals surface area contributed by atoms with Gasteiger partial charge in [-0.15, -0.1) is 0 Å². The second-order valence-electron chi connectivity index (χ2n) is 6.39. The molecule has 0 bridgehead atoms. The number of ether oxygens (including phenoxy) is 3. The number of fused-ring (bicyclic) bond motifs is 2. The molecule has 0 saturated heterocycles. The molecule has 0 fully saturated rings. The number of hydrogen-bond acceptors (Lipinski definition) is 5. The van der Waals surface area contributed by atoms with Gasteiger partial charge in [0.1, 0.15) is 5.75 Å². The molecule has 3 heterocycles. The molecule has 5 rings (SSSR count). The molecule has 2 aliphatic heterocycles. The maximum Gasteiger partial charge on any atom is 0.282 e. The summed E-state index contributed by atoms with van der Waals surface area (Å²) in [6.45, 7) is 0.175. The molecule has 134 valence electrons. The Morgan fingerprint density at radius 2 is 1.85 bits per heavy atom. The molecular weight excluding hydrogens is 344 g/mol. The molecule has 0 spiro atoms. The Hall–Kier alpha value is -3.54. The van der Waals surface area contributed by atoms with Crippen molar-refractivity contribution in [2.45, 2.75) is 5.60 Å². The maximum atomic E-state index is 13.4. The van der Waals surface area contributed by atoms with Crippen molar-refractivity contribution in [3.8, 4) is 17.2 Å². The Balaban J connectivity index is 1.70. The van der Waals surface area contributed by atoms with E-state index in [9.17, 15) is 4.79 Å². The molecular formula is C21H16N2O4. The summed E-state index contributed by atoms with van der Waals surface area (Å²) < 4.78 is 17.2. The highest BCUT2D eigenvalue weighted by molar-refractivity contribution is 6.08. The first kappa shape index (κ1) is 15.7. The average Bonchev–Trinajstić information content (AvgIpc) is 3.26. The Morgan fingerprint density at radius 3 is 2.70 bits per heavy atom. The smallest absolute Gasteiger partial charge is 0.282 e. The van der Waals surface area contributed by atoms with Gasteiger partial charge < -0.3 is 19.1 Å². The largest absolute Gasteiger partial charge is 0.466 e. The number of rotatable bonds is 3. The molecule has 1 atom stereocenters. The number of nitrogens with zero attached hydrogens (tertiary/aromatic N) is 2. The van der Waals surface area contributed by atoms with E-state index in [1.54, 1.807) is 42.4 Å². The number of carbonyl (C=O) groups is 1. The van der Waals surface area contributed by atoms with Crippen LogP contribution < -0.4 is 19.1 Å². The first-order chi connectivity index (χ1) is 13.2. The van der Waals surface area contributed by atoms with Crippen LogP contribution in [-0.4, -0.2) is 24.7 Å². The number of hydrogen-bond donors (Lipinski definition) is 0.